The third-order valence-corrected chi connectivity index (χ3v) is 4.55. The first-order valence-electron chi connectivity index (χ1n) is 9.66. The Hall–Kier alpha value is -3.15. The zero-order chi connectivity index (χ0) is 21.0. The Bertz CT molecular complexity index is 875. The normalized spacial score (nSPS) is 15.6. The van der Waals surface area contributed by atoms with Gasteiger partial charge in [-0.3, -0.25) is 4.79 Å². The summed E-state index contributed by atoms with van der Waals surface area (Å²) in [6.07, 6.45) is 0.215. The van der Waals surface area contributed by atoms with Crippen LogP contribution in [0.5, 0.6) is 0 Å². The fourth-order valence-corrected chi connectivity index (χ4v) is 3.29. The molecule has 1 aliphatic rings. The monoisotopic (exact) mass is 394 g/mol. The molecule has 152 valence electrons. The zero-order valence-electron chi connectivity index (χ0n) is 17.0. The van der Waals surface area contributed by atoms with Crippen LogP contribution in [-0.4, -0.2) is 45.9 Å². The standard InChI is InChI=1S/C23H26N2O4/c1-23(2,3)29-21(27)19(14-17-10-6-4-7-11-17)25-20(26)16-24(22(25)28)15-18-12-8-5-9-13-18/h4-13,19H,14-16H2,1-3H3/t19-/m0/s1. The second-order valence-electron chi connectivity index (χ2n) is 8.13. The van der Waals surface area contributed by atoms with Crippen molar-refractivity contribution in [3.8, 4) is 0 Å². The van der Waals surface area contributed by atoms with Crippen molar-refractivity contribution >= 4 is 17.9 Å². The largest absolute Gasteiger partial charge is 0.458 e. The van der Waals surface area contributed by atoms with E-state index in [1.54, 1.807) is 20.8 Å². The van der Waals surface area contributed by atoms with Crippen LogP contribution < -0.4 is 0 Å². The summed E-state index contributed by atoms with van der Waals surface area (Å²) >= 11 is 0. The molecule has 2 aromatic rings. The van der Waals surface area contributed by atoms with Crippen LogP contribution in [0.1, 0.15) is 31.9 Å². The zero-order valence-corrected chi connectivity index (χ0v) is 17.0. The van der Waals surface area contributed by atoms with Crippen LogP contribution in [0.3, 0.4) is 0 Å². The molecule has 0 bridgehead atoms. The molecule has 1 fully saturated rings. The average molecular weight is 394 g/mol. The van der Waals surface area contributed by atoms with Gasteiger partial charge in [0.1, 0.15) is 18.2 Å². The van der Waals surface area contributed by atoms with Crippen molar-refractivity contribution in [1.29, 1.82) is 0 Å². The number of benzene rings is 2. The number of hydrogen-bond donors (Lipinski definition) is 0. The van der Waals surface area contributed by atoms with E-state index in [0.717, 1.165) is 16.0 Å². The highest BCUT2D eigenvalue weighted by Gasteiger charge is 2.44. The summed E-state index contributed by atoms with van der Waals surface area (Å²) in [6.45, 7) is 5.55. The number of carbonyl (C=O) groups is 3. The van der Waals surface area contributed by atoms with Gasteiger partial charge in [0.25, 0.3) is 5.91 Å². The Labute approximate surface area is 171 Å². The molecular formula is C23H26N2O4. The maximum atomic E-state index is 13.0. The van der Waals surface area contributed by atoms with E-state index in [9.17, 15) is 14.4 Å². The van der Waals surface area contributed by atoms with E-state index in [1.165, 1.54) is 4.90 Å². The Morgan fingerprint density at radius 1 is 0.966 bits per heavy atom. The van der Waals surface area contributed by atoms with Gasteiger partial charge in [0.2, 0.25) is 0 Å². The quantitative estimate of drug-likeness (QED) is 0.556. The Balaban J connectivity index is 1.84. The fourth-order valence-electron chi connectivity index (χ4n) is 3.29. The number of rotatable bonds is 6. The second kappa shape index (κ2) is 8.47. The van der Waals surface area contributed by atoms with Crippen molar-refractivity contribution in [3.63, 3.8) is 0 Å². The minimum Gasteiger partial charge on any atom is -0.458 e. The second-order valence-corrected chi connectivity index (χ2v) is 8.13. The molecule has 0 saturated carbocycles. The van der Waals surface area contributed by atoms with Crippen LogP contribution in [0, 0.1) is 0 Å². The summed E-state index contributed by atoms with van der Waals surface area (Å²) in [6, 6.07) is 17.3. The summed E-state index contributed by atoms with van der Waals surface area (Å²) in [7, 11) is 0. The first kappa shape index (κ1) is 20.6. The third kappa shape index (κ3) is 5.22. The number of esters is 1. The highest BCUT2D eigenvalue weighted by Crippen LogP contribution is 2.22. The van der Waals surface area contributed by atoms with E-state index in [2.05, 4.69) is 0 Å². The molecule has 0 spiro atoms. The molecule has 2 aromatic carbocycles. The highest BCUT2D eigenvalue weighted by atomic mass is 16.6. The van der Waals surface area contributed by atoms with E-state index in [-0.39, 0.29) is 13.0 Å². The summed E-state index contributed by atoms with van der Waals surface area (Å²) in [5.74, 6) is -0.970. The third-order valence-electron chi connectivity index (χ3n) is 4.55. The van der Waals surface area contributed by atoms with Crippen molar-refractivity contribution in [3.05, 3.63) is 71.8 Å². The molecule has 1 aliphatic heterocycles. The minimum atomic E-state index is -1.00. The summed E-state index contributed by atoms with van der Waals surface area (Å²) in [5.41, 5.74) is 1.06. The summed E-state index contributed by atoms with van der Waals surface area (Å²) in [5, 5.41) is 0. The number of imide groups is 1. The first-order chi connectivity index (χ1) is 13.7. The first-order valence-corrected chi connectivity index (χ1v) is 9.66. The van der Waals surface area contributed by atoms with Crippen molar-refractivity contribution < 1.29 is 19.1 Å². The van der Waals surface area contributed by atoms with Crippen LogP contribution >= 0.6 is 0 Å². The van der Waals surface area contributed by atoms with Gasteiger partial charge in [-0.1, -0.05) is 60.7 Å². The molecular weight excluding hydrogens is 368 g/mol. The number of urea groups is 1. The Kier molecular flexibility index (Phi) is 6.01. The topological polar surface area (TPSA) is 66.9 Å². The number of hydrogen-bond acceptors (Lipinski definition) is 4. The predicted molar refractivity (Wildman–Crippen MR) is 109 cm³/mol. The van der Waals surface area contributed by atoms with Gasteiger partial charge in [-0.05, 0) is 31.9 Å². The molecule has 3 amide bonds. The van der Waals surface area contributed by atoms with Crippen LogP contribution in [0.4, 0.5) is 4.79 Å². The lowest BCUT2D eigenvalue weighted by atomic mass is 10.0. The predicted octanol–water partition coefficient (Wildman–Crippen LogP) is 3.40. The molecule has 6 heteroatoms. The van der Waals surface area contributed by atoms with Gasteiger partial charge in [0.05, 0.1) is 0 Å². The summed E-state index contributed by atoms with van der Waals surface area (Å²) < 4.78 is 5.53. The molecule has 1 atom stereocenters. The molecule has 0 aliphatic carbocycles. The number of amides is 3. The number of ether oxygens (including phenoxy) is 1. The van der Waals surface area contributed by atoms with E-state index in [4.69, 9.17) is 4.74 Å². The molecule has 0 aromatic heterocycles. The number of carbonyl (C=O) groups excluding carboxylic acids is 3. The van der Waals surface area contributed by atoms with Crippen molar-refractivity contribution in [2.75, 3.05) is 6.54 Å². The Morgan fingerprint density at radius 3 is 2.07 bits per heavy atom. The van der Waals surface area contributed by atoms with E-state index >= 15 is 0 Å². The molecule has 3 rings (SSSR count). The van der Waals surface area contributed by atoms with Crippen molar-refractivity contribution in [2.45, 2.75) is 45.4 Å². The van der Waals surface area contributed by atoms with Crippen LogP contribution in [0.2, 0.25) is 0 Å². The number of nitrogens with zero attached hydrogens (tertiary/aromatic N) is 2. The SMILES string of the molecule is CC(C)(C)OC(=O)[C@H](Cc1ccccc1)N1C(=O)CN(Cc2ccccc2)C1=O. The fraction of sp³-hybridized carbons (Fsp3) is 0.348. The van der Waals surface area contributed by atoms with E-state index < -0.39 is 29.6 Å². The molecule has 0 radical (unpaired) electrons. The molecule has 1 saturated heterocycles. The van der Waals surface area contributed by atoms with Gasteiger partial charge in [-0.15, -0.1) is 0 Å². The van der Waals surface area contributed by atoms with Crippen LogP contribution in [0.15, 0.2) is 60.7 Å². The van der Waals surface area contributed by atoms with Gasteiger partial charge >= 0.3 is 12.0 Å². The van der Waals surface area contributed by atoms with Crippen molar-refractivity contribution in [2.24, 2.45) is 0 Å². The van der Waals surface area contributed by atoms with E-state index in [1.807, 2.05) is 60.7 Å². The molecule has 0 N–H and O–H groups in total. The Morgan fingerprint density at radius 2 is 1.52 bits per heavy atom. The van der Waals surface area contributed by atoms with Crippen molar-refractivity contribution in [1.82, 2.24) is 9.80 Å². The maximum absolute atomic E-state index is 13.0. The van der Waals surface area contributed by atoms with Gasteiger partial charge in [-0.25, -0.2) is 14.5 Å². The van der Waals surface area contributed by atoms with Gasteiger partial charge < -0.3 is 9.64 Å². The average Bonchev–Trinajstić information content (AvgIpc) is 2.93. The summed E-state index contributed by atoms with van der Waals surface area (Å²) in [4.78, 5) is 41.2. The van der Waals surface area contributed by atoms with E-state index in [0.29, 0.717) is 6.54 Å². The van der Waals surface area contributed by atoms with Gasteiger partial charge in [0.15, 0.2) is 0 Å². The van der Waals surface area contributed by atoms with Gasteiger partial charge in [-0.2, -0.15) is 0 Å². The maximum Gasteiger partial charge on any atom is 0.330 e. The highest BCUT2D eigenvalue weighted by molar-refractivity contribution is 6.05. The lowest BCUT2D eigenvalue weighted by Crippen LogP contribution is -2.49. The molecule has 29 heavy (non-hydrogen) atoms. The molecule has 0 unspecified atom stereocenters. The minimum absolute atomic E-state index is 0.0538. The van der Waals surface area contributed by atoms with Gasteiger partial charge in [0, 0.05) is 13.0 Å². The lowest BCUT2D eigenvalue weighted by Gasteiger charge is -2.28. The smallest absolute Gasteiger partial charge is 0.330 e. The van der Waals surface area contributed by atoms with Crippen LogP contribution in [-0.2, 0) is 27.3 Å². The van der Waals surface area contributed by atoms with Crippen LogP contribution in [0.25, 0.3) is 0 Å². The molecule has 6 nitrogen and oxygen atoms in total. The molecule has 1 heterocycles. The lowest BCUT2D eigenvalue weighted by molar-refractivity contribution is -0.162.